The maximum atomic E-state index is 11.5. The number of rotatable bonds is 6. The van der Waals surface area contributed by atoms with Crippen LogP contribution in [0.15, 0.2) is 24.3 Å². The van der Waals surface area contributed by atoms with E-state index in [0.29, 0.717) is 18.5 Å². The minimum Gasteiger partial charge on any atom is -0.352 e. The van der Waals surface area contributed by atoms with Crippen LogP contribution in [0.5, 0.6) is 0 Å². The van der Waals surface area contributed by atoms with E-state index in [4.69, 9.17) is 0 Å². The maximum Gasteiger partial charge on any atom is 0.219 e. The van der Waals surface area contributed by atoms with Gasteiger partial charge >= 0.3 is 0 Å². The molecule has 0 aliphatic carbocycles. The smallest absolute Gasteiger partial charge is 0.219 e. The number of hydrogen-bond donors (Lipinski definition) is 2. The van der Waals surface area contributed by atoms with E-state index in [1.807, 2.05) is 12.1 Å². The fraction of sp³-hybridized carbons (Fsp3) is 0.417. The normalized spacial score (nSPS) is 11.2. The standard InChI is InChI=1S/C12H18N2O3S/c1-3-12(15)14-8-10-6-4-5-7-11(10)9-18(16,17)13-2/h4-7,13H,3,8-9H2,1-2H3,(H,14,15). The SMILES string of the molecule is CCC(=O)NCc1ccccc1CS(=O)(=O)NC. The van der Waals surface area contributed by atoms with Crippen LogP contribution in [0.2, 0.25) is 0 Å². The van der Waals surface area contributed by atoms with Gasteiger partial charge in [0.25, 0.3) is 0 Å². The Morgan fingerprint density at radius 1 is 1.22 bits per heavy atom. The Morgan fingerprint density at radius 2 is 1.83 bits per heavy atom. The number of carbonyl (C=O) groups excluding carboxylic acids is 1. The van der Waals surface area contributed by atoms with Gasteiger partial charge in [-0.15, -0.1) is 0 Å². The molecule has 5 nitrogen and oxygen atoms in total. The quantitative estimate of drug-likeness (QED) is 0.801. The topological polar surface area (TPSA) is 75.3 Å². The zero-order chi connectivity index (χ0) is 13.6. The van der Waals surface area contributed by atoms with E-state index < -0.39 is 10.0 Å². The highest BCUT2D eigenvalue weighted by atomic mass is 32.2. The van der Waals surface area contributed by atoms with Gasteiger partial charge in [0.2, 0.25) is 15.9 Å². The molecule has 0 fully saturated rings. The zero-order valence-electron chi connectivity index (χ0n) is 10.6. The molecule has 0 saturated heterocycles. The lowest BCUT2D eigenvalue weighted by atomic mass is 10.1. The van der Waals surface area contributed by atoms with Crippen LogP contribution < -0.4 is 10.0 Å². The molecule has 18 heavy (non-hydrogen) atoms. The molecular weight excluding hydrogens is 252 g/mol. The molecule has 1 rings (SSSR count). The van der Waals surface area contributed by atoms with Crippen molar-refractivity contribution in [3.05, 3.63) is 35.4 Å². The minimum absolute atomic E-state index is 0.0544. The Kier molecular flexibility index (Phi) is 5.30. The molecule has 0 aliphatic rings. The van der Waals surface area contributed by atoms with Crippen molar-refractivity contribution >= 4 is 15.9 Å². The molecule has 0 saturated carbocycles. The molecule has 0 spiro atoms. The van der Waals surface area contributed by atoms with Crippen molar-refractivity contribution in [1.29, 1.82) is 0 Å². The molecule has 100 valence electrons. The molecule has 2 N–H and O–H groups in total. The van der Waals surface area contributed by atoms with Crippen LogP contribution in [0.3, 0.4) is 0 Å². The molecule has 0 radical (unpaired) electrons. The average Bonchev–Trinajstić information content (AvgIpc) is 2.37. The highest BCUT2D eigenvalue weighted by Gasteiger charge is 2.12. The van der Waals surface area contributed by atoms with Crippen molar-refractivity contribution in [2.24, 2.45) is 0 Å². The molecule has 1 aromatic rings. The first-order valence-electron chi connectivity index (χ1n) is 5.73. The molecule has 1 amide bonds. The second kappa shape index (κ2) is 6.51. The summed E-state index contributed by atoms with van der Waals surface area (Å²) in [5, 5.41) is 2.74. The number of carbonyl (C=O) groups is 1. The summed E-state index contributed by atoms with van der Waals surface area (Å²) in [4.78, 5) is 11.2. The van der Waals surface area contributed by atoms with Crippen molar-refractivity contribution < 1.29 is 13.2 Å². The number of nitrogens with one attached hydrogen (secondary N) is 2. The fourth-order valence-corrected chi connectivity index (χ4v) is 2.30. The summed E-state index contributed by atoms with van der Waals surface area (Å²) in [5.41, 5.74) is 1.52. The third-order valence-electron chi connectivity index (χ3n) is 2.57. The van der Waals surface area contributed by atoms with E-state index in [1.165, 1.54) is 7.05 Å². The van der Waals surface area contributed by atoms with E-state index in [2.05, 4.69) is 10.0 Å². The summed E-state index contributed by atoms with van der Waals surface area (Å²) < 4.78 is 25.3. The number of sulfonamides is 1. The summed E-state index contributed by atoms with van der Waals surface area (Å²) in [6.07, 6.45) is 0.414. The van der Waals surface area contributed by atoms with E-state index in [0.717, 1.165) is 5.56 Å². The van der Waals surface area contributed by atoms with Crippen LogP contribution in [0.1, 0.15) is 24.5 Å². The number of amides is 1. The predicted octanol–water partition coefficient (Wildman–Crippen LogP) is 0.762. The van der Waals surface area contributed by atoms with Gasteiger partial charge in [0.1, 0.15) is 0 Å². The lowest BCUT2D eigenvalue weighted by Gasteiger charge is -2.10. The summed E-state index contributed by atoms with van der Waals surface area (Å²) in [6, 6.07) is 7.17. The van der Waals surface area contributed by atoms with Crippen molar-refractivity contribution in [3.8, 4) is 0 Å². The summed E-state index contributed by atoms with van der Waals surface area (Å²) in [5.74, 6) is -0.136. The predicted molar refractivity (Wildman–Crippen MR) is 70.3 cm³/mol. The van der Waals surface area contributed by atoms with Gasteiger partial charge in [0, 0.05) is 13.0 Å². The van der Waals surface area contributed by atoms with E-state index in [9.17, 15) is 13.2 Å². The Labute approximate surface area is 108 Å². The van der Waals surface area contributed by atoms with Gasteiger partial charge in [-0.25, -0.2) is 13.1 Å². The largest absolute Gasteiger partial charge is 0.352 e. The Morgan fingerprint density at radius 3 is 2.39 bits per heavy atom. The van der Waals surface area contributed by atoms with Crippen molar-refractivity contribution in [2.75, 3.05) is 7.05 Å². The van der Waals surface area contributed by atoms with Crippen LogP contribution >= 0.6 is 0 Å². The van der Waals surface area contributed by atoms with Gasteiger partial charge in [0.15, 0.2) is 0 Å². The van der Waals surface area contributed by atoms with Crippen LogP contribution in [-0.4, -0.2) is 21.4 Å². The number of hydrogen-bond acceptors (Lipinski definition) is 3. The van der Waals surface area contributed by atoms with Crippen LogP contribution in [0, 0.1) is 0 Å². The molecule has 0 aliphatic heterocycles. The van der Waals surface area contributed by atoms with Gasteiger partial charge in [-0.2, -0.15) is 0 Å². The first kappa shape index (κ1) is 14.7. The van der Waals surface area contributed by atoms with E-state index in [-0.39, 0.29) is 11.7 Å². The average molecular weight is 270 g/mol. The van der Waals surface area contributed by atoms with Crippen molar-refractivity contribution in [3.63, 3.8) is 0 Å². The molecule has 0 heterocycles. The lowest BCUT2D eigenvalue weighted by Crippen LogP contribution is -2.24. The second-order valence-electron chi connectivity index (χ2n) is 3.86. The van der Waals surface area contributed by atoms with E-state index in [1.54, 1.807) is 19.1 Å². The molecule has 0 atom stereocenters. The van der Waals surface area contributed by atoms with Gasteiger partial charge < -0.3 is 5.32 Å². The van der Waals surface area contributed by atoms with E-state index >= 15 is 0 Å². The Hall–Kier alpha value is -1.40. The number of benzene rings is 1. The summed E-state index contributed by atoms with van der Waals surface area (Å²) in [6.45, 7) is 2.12. The van der Waals surface area contributed by atoms with Crippen LogP contribution in [-0.2, 0) is 27.1 Å². The first-order chi connectivity index (χ1) is 8.48. The van der Waals surface area contributed by atoms with Crippen molar-refractivity contribution in [2.45, 2.75) is 25.6 Å². The zero-order valence-corrected chi connectivity index (χ0v) is 11.4. The molecular formula is C12H18N2O3S. The molecule has 0 bridgehead atoms. The first-order valence-corrected chi connectivity index (χ1v) is 7.38. The van der Waals surface area contributed by atoms with Crippen LogP contribution in [0.25, 0.3) is 0 Å². The highest BCUT2D eigenvalue weighted by Crippen LogP contribution is 2.11. The third-order valence-corrected chi connectivity index (χ3v) is 3.89. The molecule has 6 heteroatoms. The Bertz CT molecular complexity index is 512. The monoisotopic (exact) mass is 270 g/mol. The van der Waals surface area contributed by atoms with Gasteiger partial charge in [-0.05, 0) is 18.2 Å². The second-order valence-corrected chi connectivity index (χ2v) is 5.79. The van der Waals surface area contributed by atoms with Crippen molar-refractivity contribution in [1.82, 2.24) is 10.0 Å². The van der Waals surface area contributed by atoms with Gasteiger partial charge in [-0.1, -0.05) is 31.2 Å². The molecule has 0 unspecified atom stereocenters. The highest BCUT2D eigenvalue weighted by molar-refractivity contribution is 7.88. The lowest BCUT2D eigenvalue weighted by molar-refractivity contribution is -0.120. The minimum atomic E-state index is -3.30. The Balaban J connectivity index is 2.83. The summed E-state index contributed by atoms with van der Waals surface area (Å²) in [7, 11) is -1.92. The van der Waals surface area contributed by atoms with Gasteiger partial charge in [0.05, 0.1) is 5.75 Å². The maximum absolute atomic E-state index is 11.5. The third kappa shape index (κ3) is 4.46. The molecule has 1 aromatic carbocycles. The van der Waals surface area contributed by atoms with Crippen LogP contribution in [0.4, 0.5) is 0 Å². The van der Waals surface area contributed by atoms with Gasteiger partial charge in [-0.3, -0.25) is 4.79 Å². The summed E-state index contributed by atoms with van der Waals surface area (Å²) >= 11 is 0. The fourth-order valence-electron chi connectivity index (χ4n) is 1.47. The molecule has 0 aromatic heterocycles.